The lowest BCUT2D eigenvalue weighted by Crippen LogP contribution is -2.31. The first-order valence-electron chi connectivity index (χ1n) is 9.23. The quantitative estimate of drug-likeness (QED) is 0.537. The number of ether oxygens (including phenoxy) is 1. The van der Waals surface area contributed by atoms with Crippen LogP contribution in [0.5, 0.6) is 0 Å². The van der Waals surface area contributed by atoms with Gasteiger partial charge in [-0.2, -0.15) is 0 Å². The van der Waals surface area contributed by atoms with Crippen molar-refractivity contribution in [3.63, 3.8) is 0 Å². The topological polar surface area (TPSA) is 67.8 Å². The molecule has 1 N–H and O–H groups in total. The highest BCUT2D eigenvalue weighted by Gasteiger charge is 2.18. The standard InChI is InChI=1S/C21H20Cl2N2O3S2/c1-13(16-7-6-15(22)10-18(16)23)25-19(26)11-28-20(27)17-5-3-2-4-14(17)12-30-21-24-8-9-29-21/h2-7,10,13H,8-9,11-12H2,1H3,(H,25,26). The zero-order chi connectivity index (χ0) is 21.5. The summed E-state index contributed by atoms with van der Waals surface area (Å²) in [6, 6.07) is 12.0. The predicted molar refractivity (Wildman–Crippen MR) is 126 cm³/mol. The van der Waals surface area contributed by atoms with Gasteiger partial charge in [-0.15, -0.1) is 0 Å². The van der Waals surface area contributed by atoms with E-state index in [9.17, 15) is 9.59 Å². The Hall–Kier alpha value is -1.67. The largest absolute Gasteiger partial charge is 0.452 e. The maximum atomic E-state index is 12.5. The molecular formula is C21H20Cl2N2O3S2. The maximum Gasteiger partial charge on any atom is 0.338 e. The molecule has 2 aromatic carbocycles. The van der Waals surface area contributed by atoms with Crippen molar-refractivity contribution < 1.29 is 14.3 Å². The number of thioether (sulfide) groups is 2. The van der Waals surface area contributed by atoms with Crippen molar-refractivity contribution in [2.24, 2.45) is 4.99 Å². The normalized spacial score (nSPS) is 14.2. The van der Waals surface area contributed by atoms with E-state index in [4.69, 9.17) is 27.9 Å². The summed E-state index contributed by atoms with van der Waals surface area (Å²) < 4.78 is 6.27. The highest BCUT2D eigenvalue weighted by atomic mass is 35.5. The third-order valence-corrected chi connectivity index (χ3v) is 7.15. The summed E-state index contributed by atoms with van der Waals surface area (Å²) in [6.45, 7) is 2.26. The number of rotatable bonds is 7. The molecule has 0 bridgehead atoms. The van der Waals surface area contributed by atoms with Gasteiger partial charge in [-0.3, -0.25) is 9.79 Å². The van der Waals surface area contributed by atoms with E-state index in [-0.39, 0.29) is 12.6 Å². The van der Waals surface area contributed by atoms with E-state index in [1.54, 1.807) is 60.8 Å². The minimum absolute atomic E-state index is 0.352. The Kier molecular flexibility index (Phi) is 8.50. The van der Waals surface area contributed by atoms with Crippen molar-refractivity contribution in [1.29, 1.82) is 0 Å². The van der Waals surface area contributed by atoms with Gasteiger partial charge in [-0.05, 0) is 36.2 Å². The molecule has 30 heavy (non-hydrogen) atoms. The van der Waals surface area contributed by atoms with Crippen LogP contribution in [-0.2, 0) is 15.3 Å². The molecule has 158 valence electrons. The second-order valence-corrected chi connectivity index (χ2v) is 9.62. The molecule has 3 rings (SSSR count). The van der Waals surface area contributed by atoms with E-state index in [0.29, 0.717) is 21.4 Å². The molecule has 1 heterocycles. The molecule has 0 aromatic heterocycles. The Balaban J connectivity index is 1.54. The number of hydrogen-bond acceptors (Lipinski definition) is 6. The lowest BCUT2D eigenvalue weighted by atomic mass is 10.1. The van der Waals surface area contributed by atoms with Crippen LogP contribution in [0.4, 0.5) is 0 Å². The Morgan fingerprint density at radius 2 is 2.07 bits per heavy atom. The third kappa shape index (κ3) is 6.41. The zero-order valence-electron chi connectivity index (χ0n) is 16.2. The molecule has 0 spiro atoms. The summed E-state index contributed by atoms with van der Waals surface area (Å²) in [6.07, 6.45) is 0. The van der Waals surface area contributed by atoms with Gasteiger partial charge in [-0.1, -0.05) is 71.0 Å². The van der Waals surface area contributed by atoms with Crippen LogP contribution in [0.2, 0.25) is 10.0 Å². The van der Waals surface area contributed by atoms with Gasteiger partial charge in [0.25, 0.3) is 5.91 Å². The van der Waals surface area contributed by atoms with Gasteiger partial charge >= 0.3 is 5.97 Å². The summed E-state index contributed by atoms with van der Waals surface area (Å²) >= 11 is 15.4. The van der Waals surface area contributed by atoms with Gasteiger partial charge in [0.05, 0.1) is 18.2 Å². The average molecular weight is 483 g/mol. The smallest absolute Gasteiger partial charge is 0.338 e. The summed E-state index contributed by atoms with van der Waals surface area (Å²) in [5, 5.41) is 3.76. The Morgan fingerprint density at radius 1 is 1.27 bits per heavy atom. The third-order valence-electron chi connectivity index (χ3n) is 4.29. The van der Waals surface area contributed by atoms with E-state index in [1.165, 1.54) is 0 Å². The van der Waals surface area contributed by atoms with Gasteiger partial charge < -0.3 is 10.1 Å². The van der Waals surface area contributed by atoms with Crippen molar-refractivity contribution in [2.45, 2.75) is 18.7 Å². The lowest BCUT2D eigenvalue weighted by molar-refractivity contribution is -0.124. The number of hydrogen-bond donors (Lipinski definition) is 1. The minimum atomic E-state index is -0.528. The van der Waals surface area contributed by atoms with Gasteiger partial charge in [0, 0.05) is 21.6 Å². The van der Waals surface area contributed by atoms with E-state index < -0.39 is 11.9 Å². The van der Waals surface area contributed by atoms with Crippen molar-refractivity contribution >= 4 is 63.0 Å². The van der Waals surface area contributed by atoms with Crippen LogP contribution in [0.1, 0.15) is 34.5 Å². The SMILES string of the molecule is CC(NC(=O)COC(=O)c1ccccc1CSC1=NCCS1)c1ccc(Cl)cc1Cl. The van der Waals surface area contributed by atoms with Crippen LogP contribution in [0.3, 0.4) is 0 Å². The fourth-order valence-corrected chi connectivity index (χ4v) is 5.40. The Morgan fingerprint density at radius 3 is 2.80 bits per heavy atom. The summed E-state index contributed by atoms with van der Waals surface area (Å²) in [5.41, 5.74) is 2.04. The first-order chi connectivity index (χ1) is 14.4. The van der Waals surface area contributed by atoms with Crippen LogP contribution in [-0.4, -0.2) is 35.2 Å². The first kappa shape index (κ1) is 23.0. The molecule has 0 radical (unpaired) electrons. The number of esters is 1. The van der Waals surface area contributed by atoms with Crippen molar-refractivity contribution in [3.8, 4) is 0 Å². The first-order valence-corrected chi connectivity index (χ1v) is 12.0. The molecule has 0 fully saturated rings. The average Bonchev–Trinajstić information content (AvgIpc) is 3.24. The van der Waals surface area contributed by atoms with E-state index in [2.05, 4.69) is 10.3 Å². The number of benzene rings is 2. The van der Waals surface area contributed by atoms with Crippen molar-refractivity contribution in [1.82, 2.24) is 5.32 Å². The molecule has 1 amide bonds. The summed E-state index contributed by atoms with van der Waals surface area (Å²) in [5.74, 6) is 0.681. The molecule has 1 aliphatic rings. The fraction of sp³-hybridized carbons (Fsp3) is 0.286. The number of carbonyl (C=O) groups excluding carboxylic acids is 2. The van der Waals surface area contributed by atoms with Gasteiger partial charge in [0.15, 0.2) is 6.61 Å². The van der Waals surface area contributed by atoms with E-state index in [0.717, 1.165) is 27.8 Å². The number of aliphatic imine (C=N–C) groups is 1. The van der Waals surface area contributed by atoms with Crippen LogP contribution in [0, 0.1) is 0 Å². The highest BCUT2D eigenvalue weighted by molar-refractivity contribution is 8.38. The van der Waals surface area contributed by atoms with Crippen LogP contribution >= 0.6 is 46.7 Å². The van der Waals surface area contributed by atoms with E-state index in [1.807, 2.05) is 12.1 Å². The number of amides is 1. The molecule has 1 aliphatic heterocycles. The van der Waals surface area contributed by atoms with Crippen LogP contribution < -0.4 is 5.32 Å². The molecule has 5 nitrogen and oxygen atoms in total. The fourth-order valence-electron chi connectivity index (χ4n) is 2.81. The second-order valence-electron chi connectivity index (χ2n) is 6.47. The maximum absolute atomic E-state index is 12.5. The molecule has 0 saturated carbocycles. The van der Waals surface area contributed by atoms with Gasteiger partial charge in [0.2, 0.25) is 0 Å². The van der Waals surface area contributed by atoms with Crippen LogP contribution in [0.25, 0.3) is 0 Å². The summed E-state index contributed by atoms with van der Waals surface area (Å²) in [4.78, 5) is 29.2. The van der Waals surface area contributed by atoms with Crippen molar-refractivity contribution in [2.75, 3.05) is 18.9 Å². The van der Waals surface area contributed by atoms with E-state index >= 15 is 0 Å². The lowest BCUT2D eigenvalue weighted by Gasteiger charge is -2.16. The van der Waals surface area contributed by atoms with Crippen LogP contribution in [0.15, 0.2) is 47.5 Å². The monoisotopic (exact) mass is 482 g/mol. The molecule has 0 saturated heterocycles. The molecule has 1 unspecified atom stereocenters. The molecule has 9 heteroatoms. The molecule has 1 atom stereocenters. The van der Waals surface area contributed by atoms with Crippen molar-refractivity contribution in [3.05, 3.63) is 69.2 Å². The predicted octanol–water partition coefficient (Wildman–Crippen LogP) is 5.36. The van der Waals surface area contributed by atoms with Gasteiger partial charge in [0.1, 0.15) is 4.38 Å². The number of halogens is 2. The second kappa shape index (κ2) is 11.1. The molecule has 2 aromatic rings. The number of nitrogens with one attached hydrogen (secondary N) is 1. The zero-order valence-corrected chi connectivity index (χ0v) is 19.3. The Bertz CT molecular complexity index is 969. The number of nitrogens with zero attached hydrogens (tertiary/aromatic N) is 1. The highest BCUT2D eigenvalue weighted by Crippen LogP contribution is 2.27. The minimum Gasteiger partial charge on any atom is -0.452 e. The summed E-state index contributed by atoms with van der Waals surface area (Å²) in [7, 11) is 0. The molecular weight excluding hydrogens is 463 g/mol. The molecule has 0 aliphatic carbocycles. The number of carbonyl (C=O) groups is 2. The Labute approximate surface area is 194 Å². The van der Waals surface area contributed by atoms with Gasteiger partial charge in [-0.25, -0.2) is 4.79 Å².